The molecule has 212 valence electrons. The molecule has 2 heterocycles. The Kier molecular flexibility index (Phi) is 9.14. The van der Waals surface area contributed by atoms with Crippen LogP contribution in [-0.4, -0.2) is 59.0 Å². The van der Waals surface area contributed by atoms with Crippen molar-refractivity contribution in [2.45, 2.75) is 121 Å². The summed E-state index contributed by atoms with van der Waals surface area (Å²) in [4.78, 5) is 12.9. The van der Waals surface area contributed by atoms with Crippen LogP contribution in [0.15, 0.2) is 23.8 Å². The van der Waals surface area contributed by atoms with Crippen LogP contribution in [0.5, 0.6) is 11.5 Å². The van der Waals surface area contributed by atoms with Crippen LogP contribution >= 0.6 is 0 Å². The third-order valence-electron chi connectivity index (χ3n) is 9.46. The molecule has 0 radical (unpaired) electrons. The van der Waals surface area contributed by atoms with Crippen LogP contribution < -0.4 is 4.74 Å². The Morgan fingerprint density at radius 3 is 2.79 bits per heavy atom. The highest BCUT2D eigenvalue weighted by Gasteiger charge is 2.47. The molecular weight excluding hydrogens is 478 g/mol. The Morgan fingerprint density at radius 1 is 1.26 bits per heavy atom. The molecule has 1 aliphatic carbocycles. The highest BCUT2D eigenvalue weighted by Crippen LogP contribution is 2.55. The first-order valence-electron chi connectivity index (χ1n) is 14.8. The molecule has 2 N–H and O–H groups in total. The number of aliphatic hydroxyl groups excluding tert-OH is 1. The first-order valence-corrected chi connectivity index (χ1v) is 14.8. The van der Waals surface area contributed by atoms with E-state index in [9.17, 15) is 15.0 Å². The maximum Gasteiger partial charge on any atom is 0.293 e. The van der Waals surface area contributed by atoms with Crippen molar-refractivity contribution in [1.29, 1.82) is 0 Å². The van der Waals surface area contributed by atoms with E-state index in [4.69, 9.17) is 9.47 Å². The van der Waals surface area contributed by atoms with Crippen molar-refractivity contribution in [3.05, 3.63) is 34.9 Å². The number of carbonyl (C=O) groups excluding carboxylic acids is 1. The smallest absolute Gasteiger partial charge is 0.293 e. The lowest BCUT2D eigenvalue weighted by Gasteiger charge is -2.48. The summed E-state index contributed by atoms with van der Waals surface area (Å²) in [5.74, 6) is 1.45. The molecule has 4 atom stereocenters. The highest BCUT2D eigenvalue weighted by molar-refractivity contribution is 5.54. The Balaban J connectivity index is 1.53. The fourth-order valence-electron chi connectivity index (χ4n) is 7.04. The third kappa shape index (κ3) is 6.22. The van der Waals surface area contributed by atoms with Gasteiger partial charge in [0, 0.05) is 30.0 Å². The third-order valence-corrected chi connectivity index (χ3v) is 9.46. The largest absolute Gasteiger partial charge is 0.508 e. The predicted octanol–water partition coefficient (Wildman–Crippen LogP) is 6.23. The molecule has 1 aromatic carbocycles. The van der Waals surface area contributed by atoms with Gasteiger partial charge in [-0.2, -0.15) is 0 Å². The lowest BCUT2D eigenvalue weighted by Crippen LogP contribution is -2.46. The Hall–Kier alpha value is -2.05. The quantitative estimate of drug-likeness (QED) is 0.191. The fourth-order valence-corrected chi connectivity index (χ4v) is 7.04. The Labute approximate surface area is 229 Å². The number of phenolic OH excluding ortho intramolecular Hbond substituents is 1. The second-order valence-electron chi connectivity index (χ2n) is 13.0. The second-order valence-corrected chi connectivity index (χ2v) is 13.0. The van der Waals surface area contributed by atoms with Crippen molar-refractivity contribution >= 4 is 6.47 Å². The van der Waals surface area contributed by atoms with Crippen molar-refractivity contribution in [2.24, 2.45) is 5.92 Å². The minimum atomic E-state index is -0.578. The molecule has 3 aliphatic rings. The van der Waals surface area contributed by atoms with Gasteiger partial charge in [-0.1, -0.05) is 52.5 Å². The normalized spacial score (nSPS) is 25.6. The Morgan fingerprint density at radius 2 is 2.05 bits per heavy atom. The van der Waals surface area contributed by atoms with Gasteiger partial charge in [-0.3, -0.25) is 9.69 Å². The number of β-amino-alcohol motifs (C(OH)–C–C–N with tert-alkyl or cyclic N) is 1. The minimum Gasteiger partial charge on any atom is -0.508 e. The number of likely N-dealkylation sites (tertiary alicyclic amines) is 1. The predicted molar refractivity (Wildman–Crippen MR) is 151 cm³/mol. The number of nitrogens with zero attached hydrogens (tertiary/aromatic N) is 1. The molecule has 3 unspecified atom stereocenters. The zero-order chi connectivity index (χ0) is 27.5. The zero-order valence-electron chi connectivity index (χ0n) is 24.2. The van der Waals surface area contributed by atoms with E-state index in [1.165, 1.54) is 25.7 Å². The molecule has 0 aromatic heterocycles. The van der Waals surface area contributed by atoms with Gasteiger partial charge in [0.1, 0.15) is 23.7 Å². The standard InChI is InChI=1S/C32H49NO5/c1-6-7-8-9-14-31(2,3)23-17-27(35)30-25-16-22(12-13-26(25)32(4,5)38-29(30)18-23)28(36)19-33-15-10-11-24(33)20-37-21-34/h12,17-18,21,24-26,28,35-36H,6-11,13-16,19-20H2,1-5H3/t24?,25?,26-,28?/m1/s1. The number of hydrogen-bond acceptors (Lipinski definition) is 6. The maximum atomic E-state index is 11.4. The van der Waals surface area contributed by atoms with Gasteiger partial charge >= 0.3 is 0 Å². The van der Waals surface area contributed by atoms with Crippen LogP contribution in [-0.2, 0) is 14.9 Å². The molecule has 1 fully saturated rings. The summed E-state index contributed by atoms with van der Waals surface area (Å²) in [6, 6.07) is 4.30. The lowest BCUT2D eigenvalue weighted by molar-refractivity contribution is -0.130. The lowest BCUT2D eigenvalue weighted by atomic mass is 9.66. The number of benzene rings is 1. The van der Waals surface area contributed by atoms with E-state index in [0.29, 0.717) is 31.8 Å². The topological polar surface area (TPSA) is 79.2 Å². The van der Waals surface area contributed by atoms with Gasteiger partial charge in [0.2, 0.25) is 0 Å². The van der Waals surface area contributed by atoms with Gasteiger partial charge in [0.05, 0.1) is 6.10 Å². The van der Waals surface area contributed by atoms with E-state index in [-0.39, 0.29) is 28.9 Å². The van der Waals surface area contributed by atoms with Crippen LogP contribution in [0.4, 0.5) is 0 Å². The van der Waals surface area contributed by atoms with E-state index < -0.39 is 6.10 Å². The Bertz CT molecular complexity index is 1000. The number of rotatable bonds is 12. The fraction of sp³-hybridized carbons (Fsp3) is 0.719. The van der Waals surface area contributed by atoms with Crippen molar-refractivity contribution < 1.29 is 24.5 Å². The minimum absolute atomic E-state index is 0.0434. The van der Waals surface area contributed by atoms with Crippen LogP contribution in [0.2, 0.25) is 0 Å². The van der Waals surface area contributed by atoms with Gasteiger partial charge in [0.15, 0.2) is 0 Å². The number of aromatic hydroxyl groups is 1. The molecule has 0 saturated carbocycles. The highest BCUT2D eigenvalue weighted by atomic mass is 16.5. The van der Waals surface area contributed by atoms with Gasteiger partial charge in [0.25, 0.3) is 6.47 Å². The number of carbonyl (C=O) groups is 1. The summed E-state index contributed by atoms with van der Waals surface area (Å²) in [5, 5.41) is 22.7. The monoisotopic (exact) mass is 527 g/mol. The summed E-state index contributed by atoms with van der Waals surface area (Å²) in [6.07, 6.45) is 11.2. The van der Waals surface area contributed by atoms with Crippen molar-refractivity contribution in [3.8, 4) is 11.5 Å². The van der Waals surface area contributed by atoms with E-state index in [2.05, 4.69) is 51.7 Å². The second kappa shape index (κ2) is 12.0. The van der Waals surface area contributed by atoms with Gasteiger partial charge in [-0.25, -0.2) is 0 Å². The average Bonchev–Trinajstić information content (AvgIpc) is 3.31. The maximum absolute atomic E-state index is 11.4. The molecule has 6 heteroatoms. The van der Waals surface area contributed by atoms with E-state index in [1.807, 2.05) is 6.07 Å². The van der Waals surface area contributed by atoms with E-state index in [0.717, 1.165) is 54.7 Å². The number of ether oxygens (including phenoxy) is 2. The van der Waals surface area contributed by atoms with E-state index >= 15 is 0 Å². The van der Waals surface area contributed by atoms with Gasteiger partial charge in [-0.05, 0) is 81.2 Å². The molecule has 0 spiro atoms. The summed E-state index contributed by atoms with van der Waals surface area (Å²) in [5.41, 5.74) is 2.65. The first kappa shape index (κ1) is 28.9. The molecule has 1 saturated heterocycles. The molecule has 0 bridgehead atoms. The van der Waals surface area contributed by atoms with Crippen LogP contribution in [0.1, 0.15) is 109 Å². The number of phenols is 1. The molecule has 2 aliphatic heterocycles. The van der Waals surface area contributed by atoms with Crippen LogP contribution in [0.25, 0.3) is 0 Å². The summed E-state index contributed by atoms with van der Waals surface area (Å²) in [6.45, 7) is 13.4. The first-order chi connectivity index (χ1) is 18.1. The molecule has 6 nitrogen and oxygen atoms in total. The summed E-state index contributed by atoms with van der Waals surface area (Å²) < 4.78 is 11.6. The van der Waals surface area contributed by atoms with Crippen molar-refractivity contribution in [3.63, 3.8) is 0 Å². The number of aliphatic hydroxyl groups is 1. The van der Waals surface area contributed by atoms with E-state index in [1.54, 1.807) is 0 Å². The van der Waals surface area contributed by atoms with Crippen molar-refractivity contribution in [2.75, 3.05) is 19.7 Å². The number of fused-ring (bicyclic) bond motifs is 3. The number of unbranched alkanes of at least 4 members (excludes halogenated alkanes) is 3. The molecule has 4 rings (SSSR count). The molecular formula is C32H49NO5. The SMILES string of the molecule is CCCCCCC(C)(C)c1cc(O)c2c(c1)OC(C)(C)[C@@H]1CC=C(C(O)CN3CCCC3COC=O)CC21. The molecule has 38 heavy (non-hydrogen) atoms. The summed E-state index contributed by atoms with van der Waals surface area (Å²) in [7, 11) is 0. The zero-order valence-corrected chi connectivity index (χ0v) is 24.2. The van der Waals surface area contributed by atoms with Gasteiger partial charge < -0.3 is 19.7 Å². The van der Waals surface area contributed by atoms with Crippen LogP contribution in [0.3, 0.4) is 0 Å². The number of hydrogen-bond donors (Lipinski definition) is 2. The average molecular weight is 528 g/mol. The van der Waals surface area contributed by atoms with Gasteiger partial charge in [-0.15, -0.1) is 0 Å². The molecule has 0 amide bonds. The number of allylic oxidation sites excluding steroid dienone is 1. The van der Waals surface area contributed by atoms with Crippen LogP contribution in [0, 0.1) is 5.92 Å². The summed E-state index contributed by atoms with van der Waals surface area (Å²) >= 11 is 0. The van der Waals surface area contributed by atoms with Crippen molar-refractivity contribution in [1.82, 2.24) is 4.90 Å². The molecule has 1 aromatic rings.